The van der Waals surface area contributed by atoms with Gasteiger partial charge in [-0.15, -0.1) is 23.1 Å². The van der Waals surface area contributed by atoms with Crippen LogP contribution in [0.3, 0.4) is 0 Å². The highest BCUT2D eigenvalue weighted by atomic mass is 79.9. The van der Waals surface area contributed by atoms with Gasteiger partial charge in [-0.25, -0.2) is 4.98 Å². The molecule has 1 unspecified atom stereocenters. The molecular weight excluding hydrogens is 745 g/mol. The van der Waals surface area contributed by atoms with Gasteiger partial charge in [-0.1, -0.05) is 88.7 Å². The van der Waals surface area contributed by atoms with Crippen LogP contribution in [0.4, 0.5) is 10.8 Å². The van der Waals surface area contributed by atoms with E-state index in [0.29, 0.717) is 16.4 Å². The van der Waals surface area contributed by atoms with E-state index in [-0.39, 0.29) is 11.6 Å². The number of hydrogen-bond donors (Lipinski definition) is 3. The zero-order valence-corrected chi connectivity index (χ0v) is 30.4. The number of aromatic nitrogens is 1. The maximum atomic E-state index is 13.7. The highest BCUT2D eigenvalue weighted by Crippen LogP contribution is 2.37. The Morgan fingerprint density at radius 2 is 1.53 bits per heavy atom. The van der Waals surface area contributed by atoms with Gasteiger partial charge in [-0.2, -0.15) is 0 Å². The molecule has 8 nitrogen and oxygen atoms in total. The molecule has 0 aliphatic heterocycles. The second kappa shape index (κ2) is 16.9. The van der Waals surface area contributed by atoms with Crippen molar-refractivity contribution in [2.24, 2.45) is 0 Å². The number of amides is 3. The summed E-state index contributed by atoms with van der Waals surface area (Å²) in [6, 6.07) is 40.4. The van der Waals surface area contributed by atoms with Crippen molar-refractivity contribution in [2.45, 2.75) is 10.1 Å². The number of rotatable bonds is 12. The van der Waals surface area contributed by atoms with Crippen LogP contribution in [0.1, 0.15) is 26.7 Å². The van der Waals surface area contributed by atoms with Crippen molar-refractivity contribution in [3.05, 3.63) is 166 Å². The molecular formula is C40H31BrN4O4S2. The summed E-state index contributed by atoms with van der Waals surface area (Å²) in [6.45, 7) is 0. The van der Waals surface area contributed by atoms with E-state index in [0.717, 1.165) is 37.5 Å². The molecule has 1 atom stereocenters. The summed E-state index contributed by atoms with van der Waals surface area (Å²) in [6.07, 6.45) is 1.62. The number of nitrogens with zero attached hydrogens (tertiary/aromatic N) is 1. The van der Waals surface area contributed by atoms with Gasteiger partial charge in [0.25, 0.3) is 11.8 Å². The van der Waals surface area contributed by atoms with Gasteiger partial charge >= 0.3 is 0 Å². The van der Waals surface area contributed by atoms with Gasteiger partial charge in [-0.05, 0) is 77.9 Å². The fourth-order valence-electron chi connectivity index (χ4n) is 4.94. The molecule has 6 aromatic rings. The summed E-state index contributed by atoms with van der Waals surface area (Å²) in [4.78, 5) is 45.7. The number of carbonyl (C=O) groups is 3. The molecule has 3 amide bonds. The Hall–Kier alpha value is -5.49. The molecule has 1 aromatic heterocycles. The fraction of sp³-hybridized carbons (Fsp3) is 0.0500. The number of carbonyl (C=O) groups excluding carboxylic acids is 3. The van der Waals surface area contributed by atoms with Crippen molar-refractivity contribution >= 4 is 73.6 Å². The van der Waals surface area contributed by atoms with Crippen molar-refractivity contribution < 1.29 is 19.1 Å². The van der Waals surface area contributed by atoms with Gasteiger partial charge in [0.2, 0.25) is 5.91 Å². The Morgan fingerprint density at radius 3 is 2.24 bits per heavy atom. The number of halogens is 1. The van der Waals surface area contributed by atoms with Crippen LogP contribution < -0.4 is 20.7 Å². The second-order valence-corrected chi connectivity index (χ2v) is 14.0. The topological polar surface area (TPSA) is 109 Å². The molecule has 11 heteroatoms. The molecule has 3 N–H and O–H groups in total. The maximum absolute atomic E-state index is 13.7. The number of hydrogen-bond acceptors (Lipinski definition) is 7. The zero-order chi connectivity index (χ0) is 35.6. The summed E-state index contributed by atoms with van der Waals surface area (Å²) in [5.74, 6) is -0.377. The Balaban J connectivity index is 1.16. The molecule has 0 spiro atoms. The van der Waals surface area contributed by atoms with E-state index in [1.54, 1.807) is 49.6 Å². The zero-order valence-electron chi connectivity index (χ0n) is 27.2. The van der Waals surface area contributed by atoms with E-state index in [1.807, 2.05) is 102 Å². The summed E-state index contributed by atoms with van der Waals surface area (Å²) in [5.41, 5.74) is 4.24. The van der Waals surface area contributed by atoms with Gasteiger partial charge in [0.05, 0.1) is 12.8 Å². The van der Waals surface area contributed by atoms with Crippen LogP contribution in [0.25, 0.3) is 17.3 Å². The summed E-state index contributed by atoms with van der Waals surface area (Å²) >= 11 is 6.16. The van der Waals surface area contributed by atoms with E-state index in [1.165, 1.54) is 23.1 Å². The molecule has 51 heavy (non-hydrogen) atoms. The van der Waals surface area contributed by atoms with E-state index in [2.05, 4.69) is 36.9 Å². The van der Waals surface area contributed by atoms with Crippen molar-refractivity contribution in [1.82, 2.24) is 10.3 Å². The van der Waals surface area contributed by atoms with Crippen LogP contribution >= 0.6 is 39.0 Å². The predicted octanol–water partition coefficient (Wildman–Crippen LogP) is 9.46. The first-order chi connectivity index (χ1) is 24.8. The molecule has 0 radical (unpaired) electrons. The second-order valence-electron chi connectivity index (χ2n) is 11.1. The van der Waals surface area contributed by atoms with Crippen LogP contribution in [-0.4, -0.2) is 29.8 Å². The standard InChI is InChI=1S/C40H31BrN4O4S2/c1-49-32-14-8-13-29(24-32)35-25-50-40(44-35)45-39(48)36(27-9-4-2-5-10-27)51-33-21-19-31(20-22-33)42-38(47)34(23-26-15-17-30(41)18-16-26)43-37(46)28-11-6-3-7-12-28/h2-25,36H,1H3,(H,42,47)(H,43,46)(H,44,45,48)/b34-23-. The number of benzene rings is 5. The third-order valence-corrected chi connectivity index (χ3v) is 10.1. The highest BCUT2D eigenvalue weighted by Gasteiger charge is 2.24. The minimum absolute atomic E-state index is 0.0854. The Kier molecular flexibility index (Phi) is 11.7. The quantitative estimate of drug-likeness (QED) is 0.0845. The number of thiazole rings is 1. The van der Waals surface area contributed by atoms with Crippen LogP contribution in [0.15, 0.2) is 154 Å². The molecule has 254 valence electrons. The molecule has 0 fully saturated rings. The van der Waals surface area contributed by atoms with Gasteiger partial charge in [-0.3, -0.25) is 14.4 Å². The highest BCUT2D eigenvalue weighted by molar-refractivity contribution is 9.10. The minimum atomic E-state index is -0.579. The van der Waals surface area contributed by atoms with E-state index >= 15 is 0 Å². The van der Waals surface area contributed by atoms with Crippen molar-refractivity contribution in [3.8, 4) is 17.0 Å². The van der Waals surface area contributed by atoms with Crippen LogP contribution in [0, 0.1) is 0 Å². The molecule has 0 aliphatic rings. The van der Waals surface area contributed by atoms with E-state index < -0.39 is 17.1 Å². The monoisotopic (exact) mass is 774 g/mol. The normalized spacial score (nSPS) is 11.7. The average Bonchev–Trinajstić information content (AvgIpc) is 3.64. The largest absolute Gasteiger partial charge is 0.497 e. The Bertz CT molecular complexity index is 2160. The molecule has 0 aliphatic carbocycles. The lowest BCUT2D eigenvalue weighted by Crippen LogP contribution is -2.30. The molecule has 0 bridgehead atoms. The number of anilines is 2. The first kappa shape index (κ1) is 35.3. The van der Waals surface area contributed by atoms with Crippen LogP contribution in [0.5, 0.6) is 5.75 Å². The Morgan fingerprint density at radius 1 is 0.824 bits per heavy atom. The average molecular weight is 776 g/mol. The van der Waals surface area contributed by atoms with E-state index in [9.17, 15) is 14.4 Å². The smallest absolute Gasteiger partial charge is 0.272 e. The molecule has 0 saturated carbocycles. The SMILES string of the molecule is COc1cccc(-c2csc(NC(=O)C(Sc3ccc(NC(=O)/C(=C/c4ccc(Br)cc4)NC(=O)c4ccccc4)cc3)c3ccccc3)n2)c1. The summed E-state index contributed by atoms with van der Waals surface area (Å²) in [7, 11) is 1.62. The number of ether oxygens (including phenoxy) is 1. The molecule has 1 heterocycles. The Labute approximate surface area is 312 Å². The number of thioether (sulfide) groups is 1. The minimum Gasteiger partial charge on any atom is -0.497 e. The predicted molar refractivity (Wildman–Crippen MR) is 209 cm³/mol. The first-order valence-electron chi connectivity index (χ1n) is 15.7. The van der Waals surface area contributed by atoms with Gasteiger partial charge < -0.3 is 20.7 Å². The fourth-order valence-corrected chi connectivity index (χ4v) is 6.95. The van der Waals surface area contributed by atoms with Crippen molar-refractivity contribution in [1.29, 1.82) is 0 Å². The lowest BCUT2D eigenvalue weighted by atomic mass is 10.1. The lowest BCUT2D eigenvalue weighted by Gasteiger charge is -2.17. The third kappa shape index (κ3) is 9.61. The summed E-state index contributed by atoms with van der Waals surface area (Å²) < 4.78 is 6.23. The van der Waals surface area contributed by atoms with Crippen LogP contribution in [0.2, 0.25) is 0 Å². The summed E-state index contributed by atoms with van der Waals surface area (Å²) in [5, 5.41) is 10.5. The van der Waals surface area contributed by atoms with Crippen molar-refractivity contribution in [2.75, 3.05) is 17.7 Å². The maximum Gasteiger partial charge on any atom is 0.272 e. The number of nitrogens with one attached hydrogen (secondary N) is 3. The van der Waals surface area contributed by atoms with Crippen molar-refractivity contribution in [3.63, 3.8) is 0 Å². The molecule has 5 aromatic carbocycles. The van der Waals surface area contributed by atoms with Gasteiger partial charge in [0.15, 0.2) is 5.13 Å². The van der Waals surface area contributed by atoms with E-state index in [4.69, 9.17) is 4.74 Å². The third-order valence-electron chi connectivity index (χ3n) is 7.52. The van der Waals surface area contributed by atoms with Gasteiger partial charge in [0.1, 0.15) is 16.7 Å². The van der Waals surface area contributed by atoms with Crippen LogP contribution in [-0.2, 0) is 9.59 Å². The van der Waals surface area contributed by atoms with Gasteiger partial charge in [0, 0.05) is 31.6 Å². The first-order valence-corrected chi connectivity index (χ1v) is 18.3. The molecule has 6 rings (SSSR count). The lowest BCUT2D eigenvalue weighted by molar-refractivity contribution is -0.116. The number of methoxy groups -OCH3 is 1. The molecule has 0 saturated heterocycles.